The van der Waals surface area contributed by atoms with Crippen LogP contribution in [0.5, 0.6) is 0 Å². The highest BCUT2D eigenvalue weighted by Gasteiger charge is 2.14. The van der Waals surface area contributed by atoms with Crippen LogP contribution in [-0.2, 0) is 18.0 Å². The molecule has 25 heavy (non-hydrogen) atoms. The zero-order valence-corrected chi connectivity index (χ0v) is 16.1. The Balaban J connectivity index is 1.80. The first-order chi connectivity index (χ1) is 12.0. The van der Waals surface area contributed by atoms with E-state index >= 15 is 0 Å². The van der Waals surface area contributed by atoms with Crippen molar-refractivity contribution < 1.29 is 4.74 Å². The van der Waals surface area contributed by atoms with Crippen LogP contribution in [0.3, 0.4) is 0 Å². The van der Waals surface area contributed by atoms with Gasteiger partial charge in [0.25, 0.3) is 0 Å². The first kappa shape index (κ1) is 17.7. The Morgan fingerprint density at radius 3 is 2.56 bits per heavy atom. The van der Waals surface area contributed by atoms with E-state index in [1.54, 1.807) is 11.0 Å². The zero-order valence-electron chi connectivity index (χ0n) is 15.1. The SMILES string of the molecule is C[Si](C)(C)CCOCn1ncc2c(-c3ccc(CN)cc3)ncnc21. The number of aromatic nitrogens is 4. The average molecular weight is 356 g/mol. The van der Waals surface area contributed by atoms with Crippen molar-refractivity contribution in [2.24, 2.45) is 5.73 Å². The van der Waals surface area contributed by atoms with E-state index < -0.39 is 8.07 Å². The molecule has 0 aliphatic heterocycles. The summed E-state index contributed by atoms with van der Waals surface area (Å²) in [5, 5.41) is 5.36. The lowest BCUT2D eigenvalue weighted by Gasteiger charge is -2.15. The topological polar surface area (TPSA) is 78.9 Å². The Bertz CT molecular complexity index is 839. The van der Waals surface area contributed by atoms with Crippen LogP contribution in [0.2, 0.25) is 25.7 Å². The number of ether oxygens (including phenoxy) is 1. The highest BCUT2D eigenvalue weighted by Crippen LogP contribution is 2.25. The molecule has 0 saturated heterocycles. The summed E-state index contributed by atoms with van der Waals surface area (Å²) >= 11 is 0. The summed E-state index contributed by atoms with van der Waals surface area (Å²) < 4.78 is 7.59. The summed E-state index contributed by atoms with van der Waals surface area (Å²) in [7, 11) is -1.08. The number of nitrogens with two attached hydrogens (primary N) is 1. The second-order valence-electron chi connectivity index (χ2n) is 7.35. The largest absolute Gasteiger partial charge is 0.359 e. The highest BCUT2D eigenvalue weighted by atomic mass is 28.3. The summed E-state index contributed by atoms with van der Waals surface area (Å²) in [6.45, 7) is 8.73. The van der Waals surface area contributed by atoms with Gasteiger partial charge < -0.3 is 10.5 Å². The van der Waals surface area contributed by atoms with Crippen molar-refractivity contribution in [1.29, 1.82) is 0 Å². The van der Waals surface area contributed by atoms with Crippen molar-refractivity contribution in [2.75, 3.05) is 6.61 Å². The minimum atomic E-state index is -1.08. The van der Waals surface area contributed by atoms with Crippen molar-refractivity contribution in [3.05, 3.63) is 42.4 Å². The van der Waals surface area contributed by atoms with Crippen molar-refractivity contribution in [2.45, 2.75) is 39.0 Å². The second kappa shape index (κ2) is 7.43. The van der Waals surface area contributed by atoms with E-state index in [-0.39, 0.29) is 0 Å². The van der Waals surface area contributed by atoms with Crippen molar-refractivity contribution in [1.82, 2.24) is 19.7 Å². The molecular weight excluding hydrogens is 330 g/mol. The number of fused-ring (bicyclic) bond motifs is 1. The molecule has 0 bridgehead atoms. The Labute approximate surface area is 149 Å². The Morgan fingerprint density at radius 2 is 1.88 bits per heavy atom. The quantitative estimate of drug-likeness (QED) is 0.520. The van der Waals surface area contributed by atoms with Crippen LogP contribution >= 0.6 is 0 Å². The van der Waals surface area contributed by atoms with E-state index in [4.69, 9.17) is 10.5 Å². The fourth-order valence-corrected chi connectivity index (χ4v) is 3.30. The zero-order chi connectivity index (χ0) is 17.9. The third kappa shape index (κ3) is 4.30. The fraction of sp³-hybridized carbons (Fsp3) is 0.389. The van der Waals surface area contributed by atoms with Crippen LogP contribution < -0.4 is 5.73 Å². The van der Waals surface area contributed by atoms with Crippen LogP contribution in [0.1, 0.15) is 5.56 Å². The first-order valence-electron chi connectivity index (χ1n) is 8.51. The maximum Gasteiger partial charge on any atom is 0.164 e. The van der Waals surface area contributed by atoms with E-state index in [1.165, 1.54) is 0 Å². The number of nitrogens with zero attached hydrogens (tertiary/aromatic N) is 4. The monoisotopic (exact) mass is 355 g/mol. The van der Waals surface area contributed by atoms with Crippen LogP contribution in [0, 0.1) is 0 Å². The van der Waals surface area contributed by atoms with Gasteiger partial charge in [-0.3, -0.25) is 0 Å². The van der Waals surface area contributed by atoms with Gasteiger partial charge in [0.15, 0.2) is 5.65 Å². The van der Waals surface area contributed by atoms with Gasteiger partial charge in [-0.2, -0.15) is 5.10 Å². The minimum absolute atomic E-state index is 0.413. The van der Waals surface area contributed by atoms with Gasteiger partial charge in [0, 0.05) is 26.8 Å². The molecule has 0 fully saturated rings. The molecule has 0 unspecified atom stereocenters. The summed E-state index contributed by atoms with van der Waals surface area (Å²) in [5.74, 6) is 0. The van der Waals surface area contributed by atoms with Gasteiger partial charge in [-0.25, -0.2) is 14.6 Å². The Kier molecular flexibility index (Phi) is 5.26. The Morgan fingerprint density at radius 1 is 1.12 bits per heavy atom. The molecule has 0 amide bonds. The van der Waals surface area contributed by atoms with Crippen molar-refractivity contribution in [3.8, 4) is 11.3 Å². The lowest BCUT2D eigenvalue weighted by molar-refractivity contribution is 0.0813. The van der Waals surface area contributed by atoms with Gasteiger partial charge in [0.05, 0.1) is 17.3 Å². The van der Waals surface area contributed by atoms with Gasteiger partial charge in [0.2, 0.25) is 0 Å². The van der Waals surface area contributed by atoms with Gasteiger partial charge in [-0.15, -0.1) is 0 Å². The van der Waals surface area contributed by atoms with Gasteiger partial charge in [-0.05, 0) is 11.6 Å². The van der Waals surface area contributed by atoms with Crippen molar-refractivity contribution >= 4 is 19.1 Å². The average Bonchev–Trinajstić information content (AvgIpc) is 3.01. The number of hydrogen-bond acceptors (Lipinski definition) is 5. The number of hydrogen-bond donors (Lipinski definition) is 1. The second-order valence-corrected chi connectivity index (χ2v) is 13.0. The first-order valence-corrected chi connectivity index (χ1v) is 12.2. The summed E-state index contributed by atoms with van der Waals surface area (Å²) in [4.78, 5) is 8.83. The van der Waals surface area contributed by atoms with Crippen LogP contribution in [0.15, 0.2) is 36.8 Å². The number of rotatable bonds is 7. The predicted molar refractivity (Wildman–Crippen MR) is 103 cm³/mol. The molecule has 1 aromatic carbocycles. The smallest absolute Gasteiger partial charge is 0.164 e. The molecule has 0 atom stereocenters. The molecule has 132 valence electrons. The van der Waals surface area contributed by atoms with E-state index in [2.05, 4.69) is 34.7 Å². The molecule has 0 spiro atoms. The molecule has 7 heteroatoms. The van der Waals surface area contributed by atoms with Crippen LogP contribution in [0.4, 0.5) is 0 Å². The highest BCUT2D eigenvalue weighted by molar-refractivity contribution is 6.76. The van der Waals surface area contributed by atoms with E-state index in [0.717, 1.165) is 40.5 Å². The molecule has 2 heterocycles. The Hall–Kier alpha value is -2.09. The lowest BCUT2D eigenvalue weighted by atomic mass is 10.1. The molecule has 6 nitrogen and oxygen atoms in total. The summed E-state index contributed by atoms with van der Waals surface area (Å²) in [5.41, 5.74) is 9.47. The third-order valence-electron chi connectivity index (χ3n) is 4.11. The fourth-order valence-electron chi connectivity index (χ4n) is 2.55. The van der Waals surface area contributed by atoms with Crippen molar-refractivity contribution in [3.63, 3.8) is 0 Å². The standard InChI is InChI=1S/C18H25N5OSi/c1-25(2,3)9-8-24-13-23-18-16(11-22-23)17(20-12-21-18)15-6-4-14(10-19)5-7-15/h4-7,11-12H,8-10,13,19H2,1-3H3. The van der Waals surface area contributed by atoms with E-state index in [1.807, 2.05) is 30.5 Å². The molecular formula is C18H25N5OSi. The molecule has 3 rings (SSSR count). The molecule has 2 N–H and O–H groups in total. The maximum atomic E-state index is 5.80. The van der Waals surface area contributed by atoms with E-state index in [9.17, 15) is 0 Å². The maximum absolute atomic E-state index is 5.80. The third-order valence-corrected chi connectivity index (χ3v) is 5.81. The minimum Gasteiger partial charge on any atom is -0.359 e. The number of benzene rings is 1. The summed E-state index contributed by atoms with van der Waals surface area (Å²) in [6.07, 6.45) is 3.39. The molecule has 0 aliphatic rings. The van der Waals surface area contributed by atoms with E-state index in [0.29, 0.717) is 13.3 Å². The predicted octanol–water partition coefficient (Wildman–Crippen LogP) is 3.26. The lowest BCUT2D eigenvalue weighted by Crippen LogP contribution is -2.22. The molecule has 0 aliphatic carbocycles. The molecule has 0 saturated carbocycles. The van der Waals surface area contributed by atoms with Gasteiger partial charge in [-0.1, -0.05) is 43.9 Å². The van der Waals surface area contributed by atoms with Crippen LogP contribution in [-0.4, -0.2) is 34.4 Å². The molecule has 0 radical (unpaired) electrons. The molecule has 2 aromatic heterocycles. The summed E-state index contributed by atoms with van der Waals surface area (Å²) in [6, 6.07) is 9.25. The van der Waals surface area contributed by atoms with Gasteiger partial charge in [0.1, 0.15) is 13.1 Å². The normalized spacial score (nSPS) is 12.0. The van der Waals surface area contributed by atoms with Gasteiger partial charge >= 0.3 is 0 Å². The molecule has 3 aromatic rings. The van der Waals surface area contributed by atoms with Crippen LogP contribution in [0.25, 0.3) is 22.3 Å².